The Morgan fingerprint density at radius 3 is 1.81 bits per heavy atom. The minimum Gasteiger partial charge on any atom is -0.340 e. The Morgan fingerprint density at radius 2 is 1.34 bits per heavy atom. The van der Waals surface area contributed by atoms with Gasteiger partial charge in [0.05, 0.1) is 10.6 Å². The minimum atomic E-state index is -3.61. The van der Waals surface area contributed by atoms with Crippen LogP contribution in [0.4, 0.5) is 0 Å². The molecule has 1 aliphatic heterocycles. The molecule has 176 valence electrons. The fourth-order valence-corrected chi connectivity index (χ4v) is 6.71. The van der Waals surface area contributed by atoms with E-state index in [1.807, 2.05) is 60.2 Å². The van der Waals surface area contributed by atoms with Crippen LogP contribution in [0, 0.1) is 48.5 Å². The van der Waals surface area contributed by atoms with E-state index in [1.54, 1.807) is 4.90 Å². The van der Waals surface area contributed by atoms with Crippen LogP contribution in [-0.4, -0.2) is 59.5 Å². The van der Waals surface area contributed by atoms with E-state index in [4.69, 9.17) is 0 Å². The standard InChI is InChI=1S/C24H36N4O3S/c1-15-16(2)18(4)24(19(5)17(15)3)32(30,31)28-13-11-27(12-14-28)23(29)10-9-22-20(6)25-26(8)21(22)7/h9-14H2,1-8H3. The summed E-state index contributed by atoms with van der Waals surface area (Å²) in [5.74, 6) is 0.0686. The van der Waals surface area contributed by atoms with Crippen molar-refractivity contribution in [2.45, 2.75) is 66.2 Å². The number of carbonyl (C=O) groups excluding carboxylic acids is 1. The number of benzene rings is 1. The van der Waals surface area contributed by atoms with E-state index in [9.17, 15) is 13.2 Å². The highest BCUT2D eigenvalue weighted by Gasteiger charge is 2.33. The first-order valence-electron chi connectivity index (χ1n) is 11.2. The third-order valence-corrected chi connectivity index (χ3v) is 9.54. The maximum atomic E-state index is 13.5. The zero-order valence-corrected chi connectivity index (χ0v) is 21.5. The van der Waals surface area contributed by atoms with Gasteiger partial charge in [0.15, 0.2) is 0 Å². The van der Waals surface area contributed by atoms with Crippen LogP contribution in [0.5, 0.6) is 0 Å². The fourth-order valence-electron chi connectivity index (χ4n) is 4.73. The van der Waals surface area contributed by atoms with Gasteiger partial charge in [0.25, 0.3) is 0 Å². The summed E-state index contributed by atoms with van der Waals surface area (Å²) in [4.78, 5) is 15.0. The van der Waals surface area contributed by atoms with Crippen molar-refractivity contribution in [2.24, 2.45) is 7.05 Å². The van der Waals surface area contributed by atoms with E-state index in [1.165, 1.54) is 4.31 Å². The molecular weight excluding hydrogens is 424 g/mol. The number of nitrogens with zero attached hydrogens (tertiary/aromatic N) is 4. The molecule has 3 rings (SSSR count). The lowest BCUT2D eigenvalue weighted by Gasteiger charge is -2.35. The summed E-state index contributed by atoms with van der Waals surface area (Å²) in [5.41, 5.74) is 8.02. The van der Waals surface area contributed by atoms with Gasteiger partial charge in [-0.1, -0.05) is 0 Å². The Balaban J connectivity index is 1.70. The highest BCUT2D eigenvalue weighted by atomic mass is 32.2. The van der Waals surface area contributed by atoms with Crippen molar-refractivity contribution in [3.05, 3.63) is 44.8 Å². The van der Waals surface area contributed by atoms with Gasteiger partial charge in [-0.2, -0.15) is 9.40 Å². The van der Waals surface area contributed by atoms with E-state index in [-0.39, 0.29) is 5.91 Å². The quantitative estimate of drug-likeness (QED) is 0.687. The number of hydrogen-bond donors (Lipinski definition) is 0. The Hall–Kier alpha value is -2.19. The van der Waals surface area contributed by atoms with Crippen LogP contribution in [0.15, 0.2) is 4.90 Å². The molecular formula is C24H36N4O3S. The van der Waals surface area contributed by atoms with Crippen molar-refractivity contribution >= 4 is 15.9 Å². The van der Waals surface area contributed by atoms with Crippen LogP contribution in [0.3, 0.4) is 0 Å². The summed E-state index contributed by atoms with van der Waals surface area (Å²) >= 11 is 0. The Labute approximate surface area is 192 Å². The summed E-state index contributed by atoms with van der Waals surface area (Å²) in [5, 5.41) is 4.42. The van der Waals surface area contributed by atoms with Crippen molar-refractivity contribution in [3.63, 3.8) is 0 Å². The number of amides is 1. The normalized spacial score (nSPS) is 15.4. The van der Waals surface area contributed by atoms with Crippen molar-refractivity contribution in [3.8, 4) is 0 Å². The van der Waals surface area contributed by atoms with Crippen LogP contribution in [0.2, 0.25) is 0 Å². The Bertz CT molecular complexity index is 1130. The second-order valence-electron chi connectivity index (χ2n) is 9.01. The highest BCUT2D eigenvalue weighted by molar-refractivity contribution is 7.89. The zero-order chi connectivity index (χ0) is 24.0. The van der Waals surface area contributed by atoms with E-state index < -0.39 is 10.0 Å². The van der Waals surface area contributed by atoms with Crippen LogP contribution < -0.4 is 0 Å². The molecule has 8 heteroatoms. The smallest absolute Gasteiger partial charge is 0.243 e. The first-order valence-corrected chi connectivity index (χ1v) is 12.7. The van der Waals surface area contributed by atoms with Gasteiger partial charge in [-0.15, -0.1) is 0 Å². The molecule has 1 saturated heterocycles. The molecule has 0 unspecified atom stereocenters. The van der Waals surface area contributed by atoms with E-state index >= 15 is 0 Å². The summed E-state index contributed by atoms with van der Waals surface area (Å²) < 4.78 is 30.4. The SMILES string of the molecule is Cc1nn(C)c(C)c1CCC(=O)N1CCN(S(=O)(=O)c2c(C)c(C)c(C)c(C)c2C)CC1. The van der Waals surface area contributed by atoms with Gasteiger partial charge in [0, 0.05) is 45.3 Å². The monoisotopic (exact) mass is 460 g/mol. The molecule has 0 aliphatic carbocycles. The van der Waals surface area contributed by atoms with Crippen LogP contribution in [-0.2, 0) is 28.3 Å². The molecule has 1 amide bonds. The maximum absolute atomic E-state index is 13.5. The molecule has 0 radical (unpaired) electrons. The number of aryl methyl sites for hydroxylation is 2. The molecule has 0 N–H and O–H groups in total. The van der Waals surface area contributed by atoms with Gasteiger partial charge in [0.1, 0.15) is 0 Å². The minimum absolute atomic E-state index is 0.0686. The van der Waals surface area contributed by atoms with Gasteiger partial charge in [0.2, 0.25) is 15.9 Å². The predicted octanol–water partition coefficient (Wildman–Crippen LogP) is 3.04. The molecule has 2 heterocycles. The number of rotatable bonds is 5. The molecule has 0 saturated carbocycles. The molecule has 1 aromatic carbocycles. The van der Waals surface area contributed by atoms with E-state index in [0.717, 1.165) is 44.8 Å². The van der Waals surface area contributed by atoms with Crippen molar-refractivity contribution in [2.75, 3.05) is 26.2 Å². The predicted molar refractivity (Wildman–Crippen MR) is 126 cm³/mol. The Morgan fingerprint density at radius 1 is 0.844 bits per heavy atom. The number of sulfonamides is 1. The molecule has 7 nitrogen and oxygen atoms in total. The summed E-state index contributed by atoms with van der Waals surface area (Å²) in [6.07, 6.45) is 1.07. The third-order valence-electron chi connectivity index (χ3n) is 7.37. The molecule has 2 aromatic rings. The lowest BCUT2D eigenvalue weighted by molar-refractivity contribution is -0.132. The zero-order valence-electron chi connectivity index (χ0n) is 20.7. The van der Waals surface area contributed by atoms with Crippen molar-refractivity contribution in [1.29, 1.82) is 0 Å². The first-order chi connectivity index (χ1) is 14.9. The Kier molecular flexibility index (Phi) is 6.86. The lowest BCUT2D eigenvalue weighted by atomic mass is 9.95. The van der Waals surface area contributed by atoms with Gasteiger partial charge < -0.3 is 4.90 Å². The lowest BCUT2D eigenvalue weighted by Crippen LogP contribution is -2.50. The molecule has 0 spiro atoms. The van der Waals surface area contributed by atoms with E-state index in [2.05, 4.69) is 5.10 Å². The first kappa shape index (κ1) is 24.5. The van der Waals surface area contributed by atoms with Crippen LogP contribution in [0.1, 0.15) is 51.2 Å². The average Bonchev–Trinajstić information content (AvgIpc) is 3.00. The van der Waals surface area contributed by atoms with Gasteiger partial charge >= 0.3 is 0 Å². The van der Waals surface area contributed by atoms with Crippen molar-refractivity contribution < 1.29 is 13.2 Å². The summed E-state index contributed by atoms with van der Waals surface area (Å²) in [6.45, 7) is 15.3. The molecule has 0 atom stereocenters. The third kappa shape index (κ3) is 4.22. The molecule has 1 aliphatic rings. The summed E-state index contributed by atoms with van der Waals surface area (Å²) in [7, 11) is -1.70. The second-order valence-corrected chi connectivity index (χ2v) is 10.9. The number of carbonyl (C=O) groups is 1. The van der Waals surface area contributed by atoms with E-state index in [0.29, 0.717) is 43.9 Å². The number of piperazine rings is 1. The van der Waals surface area contributed by atoms with Crippen LogP contribution >= 0.6 is 0 Å². The molecule has 1 aromatic heterocycles. The highest BCUT2D eigenvalue weighted by Crippen LogP contribution is 2.32. The molecule has 32 heavy (non-hydrogen) atoms. The molecule has 1 fully saturated rings. The van der Waals surface area contributed by atoms with Gasteiger partial charge in [-0.3, -0.25) is 9.48 Å². The number of hydrogen-bond acceptors (Lipinski definition) is 4. The van der Waals surface area contributed by atoms with Gasteiger partial charge in [-0.25, -0.2) is 8.42 Å². The van der Waals surface area contributed by atoms with Crippen molar-refractivity contribution in [1.82, 2.24) is 19.0 Å². The largest absolute Gasteiger partial charge is 0.340 e. The average molecular weight is 461 g/mol. The maximum Gasteiger partial charge on any atom is 0.243 e. The number of aromatic nitrogens is 2. The van der Waals surface area contributed by atoms with Crippen LogP contribution in [0.25, 0.3) is 0 Å². The fraction of sp³-hybridized carbons (Fsp3) is 0.583. The second kappa shape index (κ2) is 8.98. The molecule has 0 bridgehead atoms. The summed E-state index contributed by atoms with van der Waals surface area (Å²) in [6, 6.07) is 0. The van der Waals surface area contributed by atoms with Gasteiger partial charge in [-0.05, 0) is 88.3 Å². The topological polar surface area (TPSA) is 75.5 Å².